The topological polar surface area (TPSA) is 51.1 Å². The van der Waals surface area contributed by atoms with E-state index in [-0.39, 0.29) is 12.1 Å². The Hall–Kier alpha value is -3.35. The van der Waals surface area contributed by atoms with Gasteiger partial charge in [-0.25, -0.2) is 0 Å². The third kappa shape index (κ3) is 4.74. The van der Waals surface area contributed by atoms with Crippen molar-refractivity contribution in [2.75, 3.05) is 5.32 Å². The van der Waals surface area contributed by atoms with E-state index in [4.69, 9.17) is 0 Å². The van der Waals surface area contributed by atoms with Gasteiger partial charge in [-0.3, -0.25) is 9.59 Å². The van der Waals surface area contributed by atoms with Crippen LogP contribution in [-0.2, 0) is 19.1 Å². The number of carbonyl (C=O) groups excluding carboxylic acids is 1. The van der Waals surface area contributed by atoms with E-state index in [1.54, 1.807) is 18.2 Å². The zero-order chi connectivity index (χ0) is 21.0. The number of hydrogen-bond donors (Lipinski definition) is 1. The number of benzene rings is 2. The second-order valence-electron chi connectivity index (χ2n) is 6.51. The first-order valence-corrected chi connectivity index (χ1v) is 9.04. The summed E-state index contributed by atoms with van der Waals surface area (Å²) >= 11 is 0. The number of anilines is 1. The highest BCUT2D eigenvalue weighted by molar-refractivity contribution is 6.04. The largest absolute Gasteiger partial charge is 0.416 e. The Balaban J connectivity index is 1.82. The number of nitrogens with one attached hydrogen (secondary N) is 1. The molecule has 4 nitrogen and oxygen atoms in total. The first-order chi connectivity index (χ1) is 13.8. The van der Waals surface area contributed by atoms with E-state index in [9.17, 15) is 22.8 Å². The molecule has 0 aliphatic carbocycles. The van der Waals surface area contributed by atoms with Crippen molar-refractivity contribution in [2.45, 2.75) is 26.1 Å². The second kappa shape index (κ2) is 8.34. The van der Waals surface area contributed by atoms with Gasteiger partial charge in [0.25, 0.3) is 11.5 Å². The SMILES string of the molecule is CCc1ccccc1NC(=O)c1cccn(Cc2ccc(C(F)(F)F)cc2)c1=O. The van der Waals surface area contributed by atoms with E-state index in [1.165, 1.54) is 29.0 Å². The van der Waals surface area contributed by atoms with Crippen LogP contribution in [0, 0.1) is 0 Å². The predicted molar refractivity (Wildman–Crippen MR) is 105 cm³/mol. The van der Waals surface area contributed by atoms with Gasteiger partial charge in [0.15, 0.2) is 0 Å². The van der Waals surface area contributed by atoms with E-state index >= 15 is 0 Å². The summed E-state index contributed by atoms with van der Waals surface area (Å²) < 4.78 is 39.4. The molecule has 0 saturated carbocycles. The molecule has 1 amide bonds. The van der Waals surface area contributed by atoms with Crippen molar-refractivity contribution in [1.82, 2.24) is 4.57 Å². The van der Waals surface area contributed by atoms with Crippen LogP contribution in [0.5, 0.6) is 0 Å². The van der Waals surface area contributed by atoms with Crippen molar-refractivity contribution in [3.63, 3.8) is 0 Å². The summed E-state index contributed by atoms with van der Waals surface area (Å²) in [4.78, 5) is 25.3. The van der Waals surface area contributed by atoms with Crippen LogP contribution in [0.25, 0.3) is 0 Å². The van der Waals surface area contributed by atoms with Crippen molar-refractivity contribution in [3.8, 4) is 0 Å². The number of rotatable bonds is 5. The number of amides is 1. The molecule has 0 aliphatic heterocycles. The lowest BCUT2D eigenvalue weighted by atomic mass is 10.1. The molecular formula is C22H19F3N2O2. The van der Waals surface area contributed by atoms with E-state index in [1.807, 2.05) is 19.1 Å². The Morgan fingerprint density at radius 1 is 1.00 bits per heavy atom. The van der Waals surface area contributed by atoms with Crippen molar-refractivity contribution in [1.29, 1.82) is 0 Å². The highest BCUT2D eigenvalue weighted by atomic mass is 19.4. The van der Waals surface area contributed by atoms with Crippen LogP contribution in [0.1, 0.15) is 34.0 Å². The number of hydrogen-bond acceptors (Lipinski definition) is 2. The zero-order valence-electron chi connectivity index (χ0n) is 15.7. The predicted octanol–water partition coefficient (Wildman–Crippen LogP) is 4.73. The fraction of sp³-hybridized carbons (Fsp3) is 0.182. The summed E-state index contributed by atoms with van der Waals surface area (Å²) in [6, 6.07) is 14.9. The molecule has 0 fully saturated rings. The molecule has 1 aromatic heterocycles. The summed E-state index contributed by atoms with van der Waals surface area (Å²) in [7, 11) is 0. The van der Waals surface area contributed by atoms with Crippen LogP contribution in [0.4, 0.5) is 18.9 Å². The molecule has 0 atom stereocenters. The summed E-state index contributed by atoms with van der Waals surface area (Å²) in [5.41, 5.74) is 0.800. The van der Waals surface area contributed by atoms with Crippen LogP contribution in [0.2, 0.25) is 0 Å². The molecule has 0 unspecified atom stereocenters. The third-order valence-electron chi connectivity index (χ3n) is 4.55. The standard InChI is InChI=1S/C22H19F3N2O2/c1-2-16-6-3-4-8-19(16)26-20(28)18-7-5-13-27(21(18)29)14-15-9-11-17(12-10-15)22(23,24)25/h3-13H,2,14H2,1H3,(H,26,28). The maximum atomic E-state index is 12.7. The number of halogens is 3. The van der Waals surface area contributed by atoms with Crippen LogP contribution in [-0.4, -0.2) is 10.5 Å². The average molecular weight is 400 g/mol. The molecule has 0 radical (unpaired) electrons. The summed E-state index contributed by atoms with van der Waals surface area (Å²) in [5, 5.41) is 2.76. The van der Waals surface area contributed by atoms with Gasteiger partial charge in [-0.2, -0.15) is 13.2 Å². The smallest absolute Gasteiger partial charge is 0.322 e. The highest BCUT2D eigenvalue weighted by Crippen LogP contribution is 2.29. The fourth-order valence-electron chi connectivity index (χ4n) is 2.97. The lowest BCUT2D eigenvalue weighted by molar-refractivity contribution is -0.137. The van der Waals surface area contributed by atoms with Crippen molar-refractivity contribution >= 4 is 11.6 Å². The van der Waals surface area contributed by atoms with Crippen molar-refractivity contribution < 1.29 is 18.0 Å². The van der Waals surface area contributed by atoms with Crippen LogP contribution in [0.15, 0.2) is 71.7 Å². The minimum Gasteiger partial charge on any atom is -0.322 e. The Morgan fingerprint density at radius 3 is 2.34 bits per heavy atom. The fourth-order valence-corrected chi connectivity index (χ4v) is 2.97. The minimum absolute atomic E-state index is 0.0367. The Morgan fingerprint density at radius 2 is 1.69 bits per heavy atom. The molecule has 2 aromatic carbocycles. The molecule has 0 saturated heterocycles. The Labute approximate surface area is 165 Å². The van der Waals surface area contributed by atoms with E-state index < -0.39 is 23.2 Å². The van der Waals surface area contributed by atoms with Gasteiger partial charge in [0.2, 0.25) is 0 Å². The number of aromatic nitrogens is 1. The maximum absolute atomic E-state index is 12.7. The zero-order valence-corrected chi connectivity index (χ0v) is 15.7. The summed E-state index contributed by atoms with van der Waals surface area (Å²) in [5.74, 6) is -0.530. The normalized spacial score (nSPS) is 11.3. The molecule has 1 heterocycles. The number of aryl methyl sites for hydroxylation is 1. The van der Waals surface area contributed by atoms with Gasteiger partial charge in [0, 0.05) is 11.9 Å². The molecule has 0 aliphatic rings. The van der Waals surface area contributed by atoms with E-state index in [2.05, 4.69) is 5.32 Å². The molecule has 150 valence electrons. The second-order valence-corrected chi connectivity index (χ2v) is 6.51. The highest BCUT2D eigenvalue weighted by Gasteiger charge is 2.29. The lowest BCUT2D eigenvalue weighted by Crippen LogP contribution is -2.29. The third-order valence-corrected chi connectivity index (χ3v) is 4.55. The molecule has 3 rings (SSSR count). The maximum Gasteiger partial charge on any atom is 0.416 e. The first kappa shape index (κ1) is 20.4. The van der Waals surface area contributed by atoms with Gasteiger partial charge in [0.1, 0.15) is 5.56 Å². The first-order valence-electron chi connectivity index (χ1n) is 9.04. The van der Waals surface area contributed by atoms with Crippen molar-refractivity contribution in [3.05, 3.63) is 99.5 Å². The van der Waals surface area contributed by atoms with Crippen LogP contribution >= 0.6 is 0 Å². The molecule has 7 heteroatoms. The monoisotopic (exact) mass is 400 g/mol. The summed E-state index contributed by atoms with van der Waals surface area (Å²) in [6.45, 7) is 2.02. The van der Waals surface area contributed by atoms with E-state index in [0.717, 1.165) is 24.1 Å². The van der Waals surface area contributed by atoms with Crippen LogP contribution in [0.3, 0.4) is 0 Å². The molecular weight excluding hydrogens is 381 g/mol. The minimum atomic E-state index is -4.41. The number of alkyl halides is 3. The molecule has 29 heavy (non-hydrogen) atoms. The molecule has 0 spiro atoms. The quantitative estimate of drug-likeness (QED) is 0.673. The van der Waals surface area contributed by atoms with Gasteiger partial charge < -0.3 is 9.88 Å². The van der Waals surface area contributed by atoms with Gasteiger partial charge >= 0.3 is 6.18 Å². The molecule has 0 bridgehead atoms. The summed E-state index contributed by atoms with van der Waals surface area (Å²) in [6.07, 6.45) is -2.19. The number of carbonyl (C=O) groups is 1. The molecule has 3 aromatic rings. The Bertz CT molecular complexity index is 1070. The number of pyridine rings is 1. The molecule has 1 N–H and O–H groups in total. The Kier molecular flexibility index (Phi) is 5.87. The van der Waals surface area contributed by atoms with Gasteiger partial charge in [-0.1, -0.05) is 37.3 Å². The van der Waals surface area contributed by atoms with Crippen LogP contribution < -0.4 is 10.9 Å². The number of para-hydroxylation sites is 1. The van der Waals surface area contributed by atoms with Gasteiger partial charge in [0.05, 0.1) is 12.1 Å². The average Bonchev–Trinajstić information content (AvgIpc) is 2.69. The van der Waals surface area contributed by atoms with Crippen molar-refractivity contribution in [2.24, 2.45) is 0 Å². The van der Waals surface area contributed by atoms with E-state index in [0.29, 0.717) is 11.3 Å². The van der Waals surface area contributed by atoms with Gasteiger partial charge in [-0.15, -0.1) is 0 Å². The lowest BCUT2D eigenvalue weighted by Gasteiger charge is -2.12. The number of nitrogens with zero attached hydrogens (tertiary/aromatic N) is 1. The van der Waals surface area contributed by atoms with Gasteiger partial charge in [-0.05, 0) is 47.9 Å².